The number of amides is 2. The molecular formula is C20H29N3O3. The molecular weight excluding hydrogens is 330 g/mol. The third-order valence-corrected chi connectivity index (χ3v) is 4.52. The highest BCUT2D eigenvalue weighted by molar-refractivity contribution is 6.08. The first-order valence-corrected chi connectivity index (χ1v) is 9.04. The molecule has 2 aromatic rings. The van der Waals surface area contributed by atoms with Gasteiger partial charge in [-0.15, -0.1) is 0 Å². The van der Waals surface area contributed by atoms with Gasteiger partial charge >= 0.3 is 0 Å². The molecule has 0 aliphatic rings. The normalized spacial score (nSPS) is 12.9. The Balaban J connectivity index is 2.28. The molecule has 0 bridgehead atoms. The zero-order valence-corrected chi connectivity index (χ0v) is 15.8. The number of carbonyl (C=O) groups is 2. The van der Waals surface area contributed by atoms with Crippen molar-refractivity contribution in [2.75, 3.05) is 6.61 Å². The van der Waals surface area contributed by atoms with Gasteiger partial charge in [0.1, 0.15) is 6.04 Å². The summed E-state index contributed by atoms with van der Waals surface area (Å²) in [5.41, 5.74) is 6.53. The number of aryl methyl sites for hydroxylation is 1. The molecule has 2 rings (SSSR count). The van der Waals surface area contributed by atoms with Gasteiger partial charge in [0, 0.05) is 30.3 Å². The van der Waals surface area contributed by atoms with E-state index in [1.807, 2.05) is 51.2 Å². The van der Waals surface area contributed by atoms with Crippen molar-refractivity contribution in [1.29, 1.82) is 0 Å². The van der Waals surface area contributed by atoms with Crippen molar-refractivity contribution in [2.24, 2.45) is 11.1 Å². The van der Waals surface area contributed by atoms with E-state index in [2.05, 4.69) is 9.88 Å². The van der Waals surface area contributed by atoms with Crippen molar-refractivity contribution in [3.8, 4) is 0 Å². The molecule has 6 nitrogen and oxygen atoms in total. The maximum absolute atomic E-state index is 12.8. The summed E-state index contributed by atoms with van der Waals surface area (Å²) in [4.78, 5) is 24.6. The van der Waals surface area contributed by atoms with Crippen molar-refractivity contribution in [1.82, 2.24) is 9.88 Å². The van der Waals surface area contributed by atoms with Gasteiger partial charge in [-0.25, -0.2) is 0 Å². The van der Waals surface area contributed by atoms with Gasteiger partial charge in [0.05, 0.1) is 5.56 Å². The van der Waals surface area contributed by atoms with Gasteiger partial charge < -0.3 is 20.7 Å². The predicted octanol–water partition coefficient (Wildman–Crippen LogP) is 2.43. The summed E-state index contributed by atoms with van der Waals surface area (Å²) in [7, 11) is 0. The fourth-order valence-corrected chi connectivity index (χ4v) is 3.11. The molecule has 0 unspecified atom stereocenters. The number of nitrogens with zero attached hydrogens (tertiary/aromatic N) is 1. The fourth-order valence-electron chi connectivity index (χ4n) is 3.11. The minimum absolute atomic E-state index is 0.196. The third kappa shape index (κ3) is 4.64. The second-order valence-electron chi connectivity index (χ2n) is 7.71. The number of fused-ring (bicyclic) bond motifs is 1. The Labute approximate surface area is 154 Å². The number of para-hydroxylation sites is 1. The monoisotopic (exact) mass is 359 g/mol. The summed E-state index contributed by atoms with van der Waals surface area (Å²) in [5, 5.41) is 12.6. The molecule has 0 aliphatic carbocycles. The molecule has 6 heteroatoms. The molecule has 2 amide bonds. The Hall–Kier alpha value is -2.34. The first kappa shape index (κ1) is 20.0. The van der Waals surface area contributed by atoms with Crippen LogP contribution in [-0.4, -0.2) is 34.1 Å². The van der Waals surface area contributed by atoms with Gasteiger partial charge in [-0.1, -0.05) is 39.0 Å². The number of carbonyl (C=O) groups excluding carboxylic acids is 2. The number of nitrogens with one attached hydrogen (secondary N) is 1. The van der Waals surface area contributed by atoms with Gasteiger partial charge in [0.2, 0.25) is 5.91 Å². The number of nitrogens with two attached hydrogens (primary N) is 1. The number of aliphatic hydroxyl groups excluding tert-OH is 1. The van der Waals surface area contributed by atoms with Crippen LogP contribution in [0.1, 0.15) is 50.4 Å². The fraction of sp³-hybridized carbons (Fsp3) is 0.500. The minimum atomic E-state index is -0.748. The Morgan fingerprint density at radius 2 is 1.88 bits per heavy atom. The quantitative estimate of drug-likeness (QED) is 0.632. The van der Waals surface area contributed by atoms with Crippen LogP contribution in [0.15, 0.2) is 30.5 Å². The van der Waals surface area contributed by atoms with Crippen LogP contribution in [0.3, 0.4) is 0 Å². The number of aromatic nitrogens is 1. The zero-order chi connectivity index (χ0) is 19.3. The highest BCUT2D eigenvalue weighted by Crippen LogP contribution is 2.24. The Bertz CT molecular complexity index is 774. The van der Waals surface area contributed by atoms with Crippen molar-refractivity contribution in [3.05, 3.63) is 36.0 Å². The summed E-state index contributed by atoms with van der Waals surface area (Å²) in [6.07, 6.45) is 4.46. The molecule has 0 spiro atoms. The summed E-state index contributed by atoms with van der Waals surface area (Å²) >= 11 is 0. The van der Waals surface area contributed by atoms with E-state index in [9.17, 15) is 9.59 Å². The van der Waals surface area contributed by atoms with Crippen LogP contribution in [0, 0.1) is 5.41 Å². The summed E-state index contributed by atoms with van der Waals surface area (Å²) in [6.45, 7) is 6.57. The number of hydrogen-bond donors (Lipinski definition) is 3. The lowest BCUT2D eigenvalue weighted by Crippen LogP contribution is -2.52. The van der Waals surface area contributed by atoms with Gasteiger partial charge in [-0.05, 0) is 30.7 Å². The lowest BCUT2D eigenvalue weighted by Gasteiger charge is -2.28. The zero-order valence-electron chi connectivity index (χ0n) is 15.8. The lowest BCUT2D eigenvalue weighted by molar-refractivity contribution is -0.122. The predicted molar refractivity (Wildman–Crippen MR) is 103 cm³/mol. The van der Waals surface area contributed by atoms with Crippen LogP contribution in [0.2, 0.25) is 0 Å². The molecule has 26 heavy (non-hydrogen) atoms. The standard InChI is InChI=1S/C20H29N3O3/c1-20(2,3)17(18(21)25)22-19(26)15-13-23(11-7-4-8-12-24)16-10-6-5-9-14(15)16/h5-6,9-10,13,17,24H,4,7-8,11-12H2,1-3H3,(H2,21,25)(H,22,26)/t17-/m1/s1. The molecule has 0 saturated carbocycles. The first-order valence-electron chi connectivity index (χ1n) is 9.04. The molecule has 0 aliphatic heterocycles. The number of hydrogen-bond acceptors (Lipinski definition) is 3. The van der Waals surface area contributed by atoms with E-state index in [0.29, 0.717) is 5.56 Å². The second-order valence-corrected chi connectivity index (χ2v) is 7.71. The average molecular weight is 359 g/mol. The summed E-state index contributed by atoms with van der Waals surface area (Å²) in [5.74, 6) is -0.840. The van der Waals surface area contributed by atoms with Crippen LogP contribution in [-0.2, 0) is 11.3 Å². The highest BCUT2D eigenvalue weighted by Gasteiger charge is 2.32. The van der Waals surface area contributed by atoms with E-state index in [4.69, 9.17) is 10.8 Å². The lowest BCUT2D eigenvalue weighted by atomic mass is 9.86. The van der Waals surface area contributed by atoms with E-state index >= 15 is 0 Å². The number of primary amides is 1. The topological polar surface area (TPSA) is 97.3 Å². The van der Waals surface area contributed by atoms with Crippen molar-refractivity contribution in [3.63, 3.8) is 0 Å². The molecule has 1 aromatic carbocycles. The van der Waals surface area contributed by atoms with Gasteiger partial charge in [0.25, 0.3) is 5.91 Å². The molecule has 4 N–H and O–H groups in total. The first-order chi connectivity index (χ1) is 12.3. The second kappa shape index (κ2) is 8.36. The minimum Gasteiger partial charge on any atom is -0.396 e. The van der Waals surface area contributed by atoms with E-state index < -0.39 is 17.4 Å². The Kier molecular flexibility index (Phi) is 6.42. The van der Waals surface area contributed by atoms with Gasteiger partial charge in [-0.3, -0.25) is 9.59 Å². The number of aliphatic hydroxyl groups is 1. The van der Waals surface area contributed by atoms with Crippen LogP contribution >= 0.6 is 0 Å². The smallest absolute Gasteiger partial charge is 0.254 e. The van der Waals surface area contributed by atoms with E-state index in [0.717, 1.165) is 36.7 Å². The van der Waals surface area contributed by atoms with E-state index in [-0.39, 0.29) is 12.5 Å². The third-order valence-electron chi connectivity index (χ3n) is 4.52. The molecule has 0 radical (unpaired) electrons. The molecule has 1 heterocycles. The SMILES string of the molecule is CC(C)(C)[C@H](NC(=O)c1cn(CCCCCO)c2ccccc12)C(N)=O. The summed E-state index contributed by atoms with van der Waals surface area (Å²) in [6, 6.07) is 6.97. The molecule has 1 atom stereocenters. The van der Waals surface area contributed by atoms with E-state index in [1.165, 1.54) is 0 Å². The van der Waals surface area contributed by atoms with Crippen molar-refractivity contribution < 1.29 is 14.7 Å². The number of benzene rings is 1. The van der Waals surface area contributed by atoms with Crippen molar-refractivity contribution >= 4 is 22.7 Å². The molecule has 142 valence electrons. The molecule has 1 aromatic heterocycles. The number of rotatable bonds is 8. The van der Waals surface area contributed by atoms with E-state index in [1.54, 1.807) is 0 Å². The van der Waals surface area contributed by atoms with Crippen LogP contribution in [0.25, 0.3) is 10.9 Å². The maximum atomic E-state index is 12.8. The average Bonchev–Trinajstić information content (AvgIpc) is 2.94. The van der Waals surface area contributed by atoms with Crippen LogP contribution < -0.4 is 11.1 Å². The summed E-state index contributed by atoms with van der Waals surface area (Å²) < 4.78 is 2.05. The Morgan fingerprint density at radius 3 is 2.50 bits per heavy atom. The van der Waals surface area contributed by atoms with Gasteiger partial charge in [-0.2, -0.15) is 0 Å². The largest absolute Gasteiger partial charge is 0.396 e. The molecule has 0 saturated heterocycles. The number of unbranched alkanes of at least 4 members (excludes halogenated alkanes) is 2. The maximum Gasteiger partial charge on any atom is 0.254 e. The van der Waals surface area contributed by atoms with Crippen molar-refractivity contribution in [2.45, 2.75) is 52.6 Å². The van der Waals surface area contributed by atoms with Crippen LogP contribution in [0.5, 0.6) is 0 Å². The van der Waals surface area contributed by atoms with Crippen LogP contribution in [0.4, 0.5) is 0 Å². The molecule has 0 fully saturated rings. The highest BCUT2D eigenvalue weighted by atomic mass is 16.3. The Morgan fingerprint density at radius 1 is 1.19 bits per heavy atom. The van der Waals surface area contributed by atoms with Gasteiger partial charge in [0.15, 0.2) is 0 Å².